The minimum Gasteiger partial charge on any atom is -0.337 e. The number of aromatic nitrogens is 2. The summed E-state index contributed by atoms with van der Waals surface area (Å²) >= 11 is 0. The van der Waals surface area contributed by atoms with Crippen molar-refractivity contribution in [2.45, 2.75) is 25.3 Å². The first kappa shape index (κ1) is 12.9. The van der Waals surface area contributed by atoms with Crippen LogP contribution in [0.3, 0.4) is 0 Å². The van der Waals surface area contributed by atoms with E-state index in [1.807, 2.05) is 0 Å². The van der Waals surface area contributed by atoms with Crippen molar-refractivity contribution in [3.05, 3.63) is 11.7 Å². The van der Waals surface area contributed by atoms with Gasteiger partial charge in [-0.3, -0.25) is 4.79 Å². The molecule has 1 N–H and O–H groups in total. The number of carbonyl (C=O) groups excluding carboxylic acids is 1. The monoisotopic (exact) mass is 260 g/mol. The van der Waals surface area contributed by atoms with Gasteiger partial charge in [0.2, 0.25) is 5.89 Å². The molecule has 8 heteroatoms. The van der Waals surface area contributed by atoms with Gasteiger partial charge in [0.1, 0.15) is 0 Å². The van der Waals surface area contributed by atoms with Gasteiger partial charge in [-0.05, 0) is 19.4 Å². The zero-order valence-electron chi connectivity index (χ0n) is 9.90. The first-order valence-electron chi connectivity index (χ1n) is 5.68. The van der Waals surface area contributed by atoms with Crippen molar-refractivity contribution < 1.29 is 18.1 Å². The molecule has 100 valence electrons. The second kappa shape index (κ2) is 5.38. The first-order valence-corrected chi connectivity index (χ1v) is 5.68. The van der Waals surface area contributed by atoms with Crippen molar-refractivity contribution in [3.63, 3.8) is 0 Å². The summed E-state index contributed by atoms with van der Waals surface area (Å²) in [7, 11) is 1.28. The van der Waals surface area contributed by atoms with E-state index >= 15 is 0 Å². The van der Waals surface area contributed by atoms with Crippen LogP contribution in [0.5, 0.6) is 0 Å². The Morgan fingerprint density at radius 3 is 3.06 bits per heavy atom. The highest BCUT2D eigenvalue weighted by Crippen LogP contribution is 2.21. The third-order valence-corrected chi connectivity index (χ3v) is 2.75. The van der Waals surface area contributed by atoms with Crippen molar-refractivity contribution >= 4 is 5.91 Å². The van der Waals surface area contributed by atoms with Crippen LogP contribution in [0.15, 0.2) is 4.52 Å². The maximum Gasteiger partial charge on any atom is 0.295 e. The second-order valence-electron chi connectivity index (χ2n) is 4.18. The number of alkyl halides is 2. The van der Waals surface area contributed by atoms with Crippen molar-refractivity contribution in [1.29, 1.82) is 0 Å². The lowest BCUT2D eigenvalue weighted by Gasteiger charge is -2.13. The number of rotatable bonds is 4. The molecule has 1 amide bonds. The van der Waals surface area contributed by atoms with Gasteiger partial charge in [-0.2, -0.15) is 4.98 Å². The molecule has 1 aliphatic heterocycles. The second-order valence-corrected chi connectivity index (χ2v) is 4.18. The summed E-state index contributed by atoms with van der Waals surface area (Å²) in [6.45, 7) is 0.214. The van der Waals surface area contributed by atoms with Crippen molar-refractivity contribution in [3.8, 4) is 0 Å². The quantitative estimate of drug-likeness (QED) is 0.868. The summed E-state index contributed by atoms with van der Waals surface area (Å²) < 4.78 is 29.3. The molecule has 1 aliphatic rings. The van der Waals surface area contributed by atoms with E-state index in [1.54, 1.807) is 0 Å². The van der Waals surface area contributed by atoms with Gasteiger partial charge in [0.05, 0.1) is 12.6 Å². The molecule has 1 fully saturated rings. The van der Waals surface area contributed by atoms with E-state index in [4.69, 9.17) is 4.52 Å². The van der Waals surface area contributed by atoms with Gasteiger partial charge in [0.15, 0.2) is 0 Å². The molecule has 0 bridgehead atoms. The maximum absolute atomic E-state index is 12.1. The molecule has 1 aromatic heterocycles. The highest BCUT2D eigenvalue weighted by atomic mass is 19.3. The number of hydrogen-bond donors (Lipinski definition) is 1. The van der Waals surface area contributed by atoms with Gasteiger partial charge in [-0.1, -0.05) is 5.16 Å². The van der Waals surface area contributed by atoms with Gasteiger partial charge in [-0.25, -0.2) is 8.78 Å². The highest BCUT2D eigenvalue weighted by Gasteiger charge is 2.26. The Balaban J connectivity index is 2.02. The normalized spacial score (nSPS) is 19.4. The molecule has 0 spiro atoms. The Labute approximate surface area is 102 Å². The van der Waals surface area contributed by atoms with E-state index in [-0.39, 0.29) is 11.9 Å². The fraction of sp³-hybridized carbons (Fsp3) is 0.700. The number of nitrogens with zero attached hydrogens (tertiary/aromatic N) is 3. The maximum atomic E-state index is 12.1. The first-order chi connectivity index (χ1) is 8.58. The molecule has 1 unspecified atom stereocenters. The van der Waals surface area contributed by atoms with E-state index in [0.29, 0.717) is 5.89 Å². The molecule has 0 aliphatic carbocycles. The smallest absolute Gasteiger partial charge is 0.295 e. The Bertz CT molecular complexity index is 418. The summed E-state index contributed by atoms with van der Waals surface area (Å²) in [6.07, 6.45) is -0.716. The van der Waals surface area contributed by atoms with Gasteiger partial charge < -0.3 is 14.7 Å². The van der Waals surface area contributed by atoms with Gasteiger partial charge in [0, 0.05) is 7.05 Å². The zero-order chi connectivity index (χ0) is 13.1. The topological polar surface area (TPSA) is 71.3 Å². The van der Waals surface area contributed by atoms with Crippen LogP contribution in [0.25, 0.3) is 0 Å². The average Bonchev–Trinajstić information content (AvgIpc) is 2.97. The van der Waals surface area contributed by atoms with E-state index in [2.05, 4.69) is 15.5 Å². The predicted molar refractivity (Wildman–Crippen MR) is 57.2 cm³/mol. The third kappa shape index (κ3) is 2.81. The number of halogens is 2. The largest absolute Gasteiger partial charge is 0.337 e. The standard InChI is InChI=1S/C10H14F2N4O2/c1-16(5-7(11)12)10(17)8-14-9(18-15-8)6-3-2-4-13-6/h6-7,13H,2-5H2,1H3. The van der Waals surface area contributed by atoms with E-state index in [9.17, 15) is 13.6 Å². The molecule has 0 radical (unpaired) electrons. The summed E-state index contributed by atoms with van der Waals surface area (Å²) in [5.41, 5.74) is 0. The number of carbonyl (C=O) groups is 1. The van der Waals surface area contributed by atoms with Crippen LogP contribution in [0, 0.1) is 0 Å². The van der Waals surface area contributed by atoms with Crippen LogP contribution in [-0.4, -0.2) is 47.5 Å². The van der Waals surface area contributed by atoms with Crippen molar-refractivity contribution in [1.82, 2.24) is 20.4 Å². The molecule has 2 rings (SSSR count). The van der Waals surface area contributed by atoms with Crippen LogP contribution in [0.4, 0.5) is 8.78 Å². The van der Waals surface area contributed by atoms with Crippen LogP contribution >= 0.6 is 0 Å². The Hall–Kier alpha value is -1.57. The van der Waals surface area contributed by atoms with Gasteiger partial charge in [0.25, 0.3) is 18.2 Å². The van der Waals surface area contributed by atoms with E-state index < -0.39 is 18.9 Å². The average molecular weight is 260 g/mol. The highest BCUT2D eigenvalue weighted by molar-refractivity contribution is 5.90. The number of hydrogen-bond acceptors (Lipinski definition) is 5. The van der Waals surface area contributed by atoms with Gasteiger partial charge >= 0.3 is 0 Å². The lowest BCUT2D eigenvalue weighted by Crippen LogP contribution is -2.32. The summed E-state index contributed by atoms with van der Waals surface area (Å²) in [6, 6.07) is -0.0422. The van der Waals surface area contributed by atoms with Gasteiger partial charge in [-0.15, -0.1) is 0 Å². The van der Waals surface area contributed by atoms with E-state index in [0.717, 1.165) is 24.3 Å². The fourth-order valence-electron chi connectivity index (χ4n) is 1.82. The van der Waals surface area contributed by atoms with Crippen molar-refractivity contribution in [2.75, 3.05) is 20.1 Å². The van der Waals surface area contributed by atoms with Crippen LogP contribution in [0.2, 0.25) is 0 Å². The molecule has 1 aromatic rings. The fourth-order valence-corrected chi connectivity index (χ4v) is 1.82. The summed E-state index contributed by atoms with van der Waals surface area (Å²) in [5.74, 6) is -0.508. The predicted octanol–water partition coefficient (Wildman–Crippen LogP) is 0.831. The molecule has 2 heterocycles. The third-order valence-electron chi connectivity index (χ3n) is 2.75. The molecular formula is C10H14F2N4O2. The van der Waals surface area contributed by atoms with Crippen LogP contribution in [-0.2, 0) is 0 Å². The Kier molecular flexibility index (Phi) is 3.85. The molecule has 6 nitrogen and oxygen atoms in total. The minimum absolute atomic E-state index is 0.0422. The van der Waals surface area contributed by atoms with Crippen LogP contribution in [0.1, 0.15) is 35.4 Å². The minimum atomic E-state index is -2.58. The summed E-state index contributed by atoms with van der Waals surface area (Å²) in [4.78, 5) is 16.5. The van der Waals surface area contributed by atoms with Crippen LogP contribution < -0.4 is 5.32 Å². The SMILES string of the molecule is CN(CC(F)F)C(=O)c1noc(C2CCCN2)n1. The molecule has 0 saturated carbocycles. The number of amides is 1. The molecule has 0 aromatic carbocycles. The van der Waals surface area contributed by atoms with E-state index in [1.165, 1.54) is 7.05 Å². The Morgan fingerprint density at radius 1 is 1.67 bits per heavy atom. The lowest BCUT2D eigenvalue weighted by molar-refractivity contribution is 0.0607. The molecule has 1 saturated heterocycles. The molecule has 1 atom stereocenters. The Morgan fingerprint density at radius 2 is 2.44 bits per heavy atom. The zero-order valence-corrected chi connectivity index (χ0v) is 9.90. The van der Waals surface area contributed by atoms with Crippen molar-refractivity contribution in [2.24, 2.45) is 0 Å². The number of nitrogens with one attached hydrogen (secondary N) is 1. The molecular weight excluding hydrogens is 246 g/mol. The lowest BCUT2D eigenvalue weighted by atomic mass is 10.2. The summed E-state index contributed by atoms with van der Waals surface area (Å²) in [5, 5.41) is 6.67. The molecule has 18 heavy (non-hydrogen) atoms.